The van der Waals surface area contributed by atoms with Crippen molar-refractivity contribution < 1.29 is 14.5 Å². The number of piperidine rings is 1. The summed E-state index contributed by atoms with van der Waals surface area (Å²) in [5, 5.41) is 14.2. The Kier molecular flexibility index (Phi) is 7.11. The molecule has 1 aliphatic rings. The normalized spacial score (nSPS) is 16.0. The fraction of sp³-hybridized carbons (Fsp3) is 0.429. The smallest absolute Gasteiger partial charge is 0.330 e. The van der Waals surface area contributed by atoms with Crippen molar-refractivity contribution in [1.82, 2.24) is 9.88 Å². The number of esters is 1. The molecule has 0 amide bonds. The number of carbonyl (C=O) groups excluding carboxylic acids is 1. The Morgan fingerprint density at radius 3 is 2.79 bits per heavy atom. The molecule has 0 bridgehead atoms. The molecule has 0 atom stereocenters. The molecule has 0 saturated carbocycles. The third-order valence-corrected chi connectivity index (χ3v) is 5.97. The summed E-state index contributed by atoms with van der Waals surface area (Å²) in [4.78, 5) is 29.5. The maximum absolute atomic E-state index is 11.6. The molecule has 2 aromatic rings. The molecule has 0 radical (unpaired) electrons. The third-order valence-electron chi connectivity index (χ3n) is 4.96. The van der Waals surface area contributed by atoms with Crippen LogP contribution in [0.2, 0.25) is 0 Å². The number of benzene rings is 1. The zero-order chi connectivity index (χ0) is 20.8. The van der Waals surface area contributed by atoms with Crippen molar-refractivity contribution >= 4 is 23.0 Å². The van der Waals surface area contributed by atoms with Gasteiger partial charge in [0, 0.05) is 30.0 Å². The van der Waals surface area contributed by atoms with E-state index in [2.05, 4.69) is 4.90 Å². The first-order chi connectivity index (χ1) is 14.0. The second-order valence-electron chi connectivity index (χ2n) is 7.14. The number of carbonyl (C=O) groups is 1. The van der Waals surface area contributed by atoms with Crippen LogP contribution < -0.4 is 0 Å². The van der Waals surface area contributed by atoms with Gasteiger partial charge in [-0.3, -0.25) is 15.0 Å². The number of nitrogens with zero attached hydrogens (tertiary/aromatic N) is 3. The Hall–Kier alpha value is -2.58. The lowest BCUT2D eigenvalue weighted by Crippen LogP contribution is -2.34. The van der Waals surface area contributed by atoms with Crippen LogP contribution in [0.4, 0.5) is 5.69 Å². The van der Waals surface area contributed by atoms with Crippen molar-refractivity contribution in [2.24, 2.45) is 0 Å². The van der Waals surface area contributed by atoms with E-state index in [0.717, 1.165) is 43.1 Å². The Bertz CT molecular complexity index is 901. The van der Waals surface area contributed by atoms with Crippen molar-refractivity contribution in [2.75, 3.05) is 26.2 Å². The van der Waals surface area contributed by atoms with Crippen LogP contribution in [0, 0.1) is 10.1 Å². The molecule has 1 aliphatic heterocycles. The number of likely N-dealkylation sites (tertiary alicyclic amines) is 1. The van der Waals surface area contributed by atoms with Crippen LogP contribution in [-0.2, 0) is 9.53 Å². The largest absolute Gasteiger partial charge is 0.463 e. The molecular weight excluding hydrogens is 390 g/mol. The van der Waals surface area contributed by atoms with Gasteiger partial charge in [-0.2, -0.15) is 0 Å². The molecule has 1 fully saturated rings. The maximum atomic E-state index is 11.6. The Morgan fingerprint density at radius 1 is 1.38 bits per heavy atom. The lowest BCUT2D eigenvalue weighted by Gasteiger charge is -2.31. The molecule has 1 aromatic carbocycles. The number of thiazole rings is 1. The number of hydrogen-bond donors (Lipinski definition) is 0. The predicted octanol–water partition coefficient (Wildman–Crippen LogP) is 4.41. The van der Waals surface area contributed by atoms with Gasteiger partial charge in [-0.1, -0.05) is 17.7 Å². The Labute approximate surface area is 174 Å². The predicted molar refractivity (Wildman–Crippen MR) is 113 cm³/mol. The molecule has 8 heteroatoms. The number of rotatable bonds is 7. The number of hydrogen-bond acceptors (Lipinski definition) is 7. The highest BCUT2D eigenvalue weighted by Crippen LogP contribution is 2.35. The van der Waals surface area contributed by atoms with E-state index in [0.29, 0.717) is 23.8 Å². The molecule has 1 aromatic heterocycles. The van der Waals surface area contributed by atoms with E-state index in [1.807, 2.05) is 12.3 Å². The fourth-order valence-corrected chi connectivity index (χ4v) is 4.56. The minimum Gasteiger partial charge on any atom is -0.463 e. The van der Waals surface area contributed by atoms with Crippen LogP contribution in [0.5, 0.6) is 0 Å². The summed E-state index contributed by atoms with van der Waals surface area (Å²) in [7, 11) is 0. The van der Waals surface area contributed by atoms with Crippen LogP contribution in [0.3, 0.4) is 0 Å². The summed E-state index contributed by atoms with van der Waals surface area (Å²) in [5.74, 6) is 0.0762. The van der Waals surface area contributed by atoms with Gasteiger partial charge in [0.1, 0.15) is 0 Å². The SMILES string of the molecule is CCOC(=O)/C=C(\C)CN1CCC(c2nc(-c3ccccc3[N+](=O)[O-])cs2)CC1. The highest BCUT2D eigenvalue weighted by molar-refractivity contribution is 7.10. The van der Waals surface area contributed by atoms with Crippen LogP contribution in [0.15, 0.2) is 41.3 Å². The molecular formula is C21H25N3O4S. The summed E-state index contributed by atoms with van der Waals surface area (Å²) in [6, 6.07) is 6.73. The van der Waals surface area contributed by atoms with Gasteiger partial charge in [0.05, 0.1) is 27.8 Å². The molecule has 0 N–H and O–H groups in total. The highest BCUT2D eigenvalue weighted by atomic mass is 32.1. The minimum absolute atomic E-state index is 0.0861. The van der Waals surface area contributed by atoms with Crippen molar-refractivity contribution in [1.29, 1.82) is 0 Å². The summed E-state index contributed by atoms with van der Waals surface area (Å²) in [6.45, 7) is 6.74. The molecule has 3 rings (SSSR count). The molecule has 29 heavy (non-hydrogen) atoms. The van der Waals surface area contributed by atoms with Gasteiger partial charge in [0.15, 0.2) is 0 Å². The first-order valence-corrected chi connectivity index (χ1v) is 10.6. The Balaban J connectivity index is 1.60. The molecule has 154 valence electrons. The first kappa shape index (κ1) is 21.1. The average Bonchev–Trinajstić information content (AvgIpc) is 3.18. The number of nitro groups is 1. The third kappa shape index (κ3) is 5.48. The van der Waals surface area contributed by atoms with Crippen molar-refractivity contribution in [2.45, 2.75) is 32.6 Å². The van der Waals surface area contributed by atoms with Gasteiger partial charge >= 0.3 is 5.97 Å². The fourth-order valence-electron chi connectivity index (χ4n) is 3.57. The number of ether oxygens (including phenoxy) is 1. The topological polar surface area (TPSA) is 85.6 Å². The molecule has 0 spiro atoms. The highest BCUT2D eigenvalue weighted by Gasteiger charge is 2.24. The van der Waals surface area contributed by atoms with E-state index < -0.39 is 0 Å². The van der Waals surface area contributed by atoms with Crippen molar-refractivity contribution in [3.63, 3.8) is 0 Å². The van der Waals surface area contributed by atoms with E-state index in [-0.39, 0.29) is 16.6 Å². The zero-order valence-electron chi connectivity index (χ0n) is 16.7. The first-order valence-electron chi connectivity index (χ1n) is 9.73. The lowest BCUT2D eigenvalue weighted by atomic mass is 9.97. The quantitative estimate of drug-likeness (QED) is 0.288. The van der Waals surface area contributed by atoms with Gasteiger partial charge < -0.3 is 4.74 Å². The van der Waals surface area contributed by atoms with E-state index in [4.69, 9.17) is 9.72 Å². The molecule has 0 unspecified atom stereocenters. The van der Waals surface area contributed by atoms with Gasteiger partial charge in [-0.25, -0.2) is 9.78 Å². The second kappa shape index (κ2) is 9.76. The molecule has 2 heterocycles. The van der Waals surface area contributed by atoms with E-state index >= 15 is 0 Å². The second-order valence-corrected chi connectivity index (χ2v) is 8.03. The monoisotopic (exact) mass is 415 g/mol. The standard InChI is InChI=1S/C21H25N3O4S/c1-3-28-20(25)12-15(2)13-23-10-8-16(9-11-23)21-22-18(14-29-21)17-6-4-5-7-19(17)24(26)27/h4-7,12,14,16H,3,8-11,13H2,1-2H3/b15-12+. The van der Waals surface area contributed by atoms with Crippen LogP contribution in [0.25, 0.3) is 11.3 Å². The molecule has 7 nitrogen and oxygen atoms in total. The van der Waals surface area contributed by atoms with Gasteiger partial charge in [-0.15, -0.1) is 11.3 Å². The maximum Gasteiger partial charge on any atom is 0.330 e. The summed E-state index contributed by atoms with van der Waals surface area (Å²) in [5.41, 5.74) is 2.32. The number of nitro benzene ring substituents is 1. The molecule has 0 aliphatic carbocycles. The zero-order valence-corrected chi connectivity index (χ0v) is 17.5. The molecule has 1 saturated heterocycles. The van der Waals surface area contributed by atoms with Crippen LogP contribution >= 0.6 is 11.3 Å². The van der Waals surface area contributed by atoms with Crippen LogP contribution in [0.1, 0.15) is 37.6 Å². The van der Waals surface area contributed by atoms with Gasteiger partial charge in [-0.05, 0) is 45.8 Å². The summed E-state index contributed by atoms with van der Waals surface area (Å²) >= 11 is 1.58. The summed E-state index contributed by atoms with van der Waals surface area (Å²) in [6.07, 6.45) is 3.53. The van der Waals surface area contributed by atoms with E-state index in [1.54, 1.807) is 42.5 Å². The van der Waals surface area contributed by atoms with E-state index in [1.165, 1.54) is 6.07 Å². The minimum atomic E-state index is -0.362. The Morgan fingerprint density at radius 2 is 2.10 bits per heavy atom. The average molecular weight is 416 g/mol. The van der Waals surface area contributed by atoms with Crippen LogP contribution in [-0.4, -0.2) is 47.0 Å². The number of aromatic nitrogens is 1. The van der Waals surface area contributed by atoms with Gasteiger partial charge in [0.25, 0.3) is 5.69 Å². The van der Waals surface area contributed by atoms with E-state index in [9.17, 15) is 14.9 Å². The summed E-state index contributed by atoms with van der Waals surface area (Å²) < 4.78 is 4.96. The van der Waals surface area contributed by atoms with Crippen molar-refractivity contribution in [3.8, 4) is 11.3 Å². The van der Waals surface area contributed by atoms with Crippen molar-refractivity contribution in [3.05, 3.63) is 56.4 Å². The van der Waals surface area contributed by atoms with Gasteiger partial charge in [0.2, 0.25) is 0 Å². The number of para-hydroxylation sites is 1. The lowest BCUT2D eigenvalue weighted by molar-refractivity contribution is -0.384.